The highest BCUT2D eigenvalue weighted by molar-refractivity contribution is 7.97. The summed E-state index contributed by atoms with van der Waals surface area (Å²) in [6.07, 6.45) is 0. The zero-order valence-electron chi connectivity index (χ0n) is 14.8. The van der Waals surface area contributed by atoms with E-state index in [1.807, 2.05) is 0 Å². The van der Waals surface area contributed by atoms with Gasteiger partial charge in [-0.3, -0.25) is 4.79 Å². The van der Waals surface area contributed by atoms with Crippen LogP contribution in [0.25, 0.3) is 0 Å². The maximum Gasteiger partial charge on any atom is 0.214 e. The molecule has 2 unspecified atom stereocenters. The number of Topliss-reactive ketones (excluding diaryl/α,β-unsaturated/α-hetero) is 1. The highest BCUT2D eigenvalue weighted by Gasteiger charge is 2.53. The standard InChI is InChI=1S/C20H8F8OS/c1-6-2-4-7(5-3-6)30-19-8(10(21)12(23)14(25)16(19)27)18(29)9-11(22)13(24)15(26)17(28)20(9)30/h2-5,8H,1H3/p+1. The molecular weight excluding hydrogens is 440 g/mol. The Morgan fingerprint density at radius 2 is 1.30 bits per heavy atom. The molecule has 4 rings (SSSR count). The van der Waals surface area contributed by atoms with Crippen LogP contribution in [0.4, 0.5) is 35.1 Å². The lowest BCUT2D eigenvalue weighted by Gasteiger charge is -2.27. The van der Waals surface area contributed by atoms with Crippen LogP contribution >= 0.6 is 0 Å². The third kappa shape index (κ3) is 2.62. The lowest BCUT2D eigenvalue weighted by Crippen LogP contribution is -2.38. The van der Waals surface area contributed by atoms with Gasteiger partial charge in [0.25, 0.3) is 0 Å². The number of hydrogen-bond acceptors (Lipinski definition) is 1. The summed E-state index contributed by atoms with van der Waals surface area (Å²) in [5, 5.41) is 0. The van der Waals surface area contributed by atoms with Crippen LogP contribution in [-0.2, 0) is 10.5 Å². The fourth-order valence-electron chi connectivity index (χ4n) is 3.44. The summed E-state index contributed by atoms with van der Waals surface area (Å²) in [6, 6.07) is 5.46. The highest BCUT2D eigenvalue weighted by atomic mass is 32.2. The van der Waals surface area contributed by atoms with Gasteiger partial charge in [-0.1, -0.05) is 28.2 Å². The van der Waals surface area contributed by atoms with Crippen molar-refractivity contribution in [1.29, 1.82) is 0 Å². The molecule has 2 atom stereocenters. The summed E-state index contributed by atoms with van der Waals surface area (Å²) in [4.78, 5) is 10.6. The fourth-order valence-corrected chi connectivity index (χ4v) is 6.17. The second-order valence-electron chi connectivity index (χ2n) is 6.62. The van der Waals surface area contributed by atoms with E-state index >= 15 is 0 Å². The van der Waals surface area contributed by atoms with Crippen molar-refractivity contribution < 1.29 is 39.9 Å². The fraction of sp³-hybridized carbons (Fsp3) is 0.100. The summed E-state index contributed by atoms with van der Waals surface area (Å²) in [6.45, 7) is 1.65. The van der Waals surface area contributed by atoms with E-state index in [2.05, 4.69) is 0 Å². The van der Waals surface area contributed by atoms with Gasteiger partial charge < -0.3 is 0 Å². The average molecular weight is 449 g/mol. The molecule has 0 saturated carbocycles. The molecule has 2 aromatic carbocycles. The molecule has 0 radical (unpaired) electrons. The lowest BCUT2D eigenvalue weighted by atomic mass is 9.88. The maximum atomic E-state index is 14.7. The second kappa shape index (κ2) is 6.90. The van der Waals surface area contributed by atoms with Gasteiger partial charge in [-0.2, -0.15) is 8.78 Å². The zero-order chi connectivity index (χ0) is 22.1. The molecule has 30 heavy (non-hydrogen) atoms. The van der Waals surface area contributed by atoms with Gasteiger partial charge >= 0.3 is 0 Å². The number of carbonyl (C=O) groups excluding carboxylic acids is 1. The molecule has 0 amide bonds. The molecule has 1 aliphatic heterocycles. The SMILES string of the molecule is Cc1ccc([SH+]2=C3C(F)=C(F)C(F)=C(F)C3C(=O)c3c(F)c(F)c(F)c(F)c32)cc1. The molecule has 2 aromatic rings. The van der Waals surface area contributed by atoms with Crippen LogP contribution in [0.3, 0.4) is 0 Å². The third-order valence-electron chi connectivity index (χ3n) is 4.85. The van der Waals surface area contributed by atoms with Crippen molar-refractivity contribution in [3.63, 3.8) is 0 Å². The molecule has 0 spiro atoms. The van der Waals surface area contributed by atoms with Crippen molar-refractivity contribution in [2.75, 3.05) is 0 Å². The number of benzene rings is 2. The largest absolute Gasteiger partial charge is 0.292 e. The van der Waals surface area contributed by atoms with Gasteiger partial charge in [0, 0.05) is 0 Å². The van der Waals surface area contributed by atoms with Gasteiger partial charge in [0.2, 0.25) is 23.3 Å². The minimum atomic E-state index is -2.80. The summed E-state index contributed by atoms with van der Waals surface area (Å²) < 4.78 is 114. The van der Waals surface area contributed by atoms with Crippen molar-refractivity contribution in [2.45, 2.75) is 16.7 Å². The summed E-state index contributed by atoms with van der Waals surface area (Å²) >= 11 is 0. The number of rotatable bonds is 1. The summed E-state index contributed by atoms with van der Waals surface area (Å²) in [5.74, 6) is -21.5. The van der Waals surface area contributed by atoms with E-state index in [1.54, 1.807) is 6.92 Å². The summed E-state index contributed by atoms with van der Waals surface area (Å²) in [7, 11) is -2.80. The average Bonchev–Trinajstić information content (AvgIpc) is 2.73. The van der Waals surface area contributed by atoms with E-state index in [0.717, 1.165) is 0 Å². The van der Waals surface area contributed by atoms with Crippen LogP contribution in [0.2, 0.25) is 0 Å². The van der Waals surface area contributed by atoms with Crippen LogP contribution in [0.1, 0.15) is 15.9 Å². The molecule has 10 heteroatoms. The predicted octanol–water partition coefficient (Wildman–Crippen LogP) is 5.62. The van der Waals surface area contributed by atoms with Crippen LogP contribution in [0.15, 0.2) is 57.4 Å². The van der Waals surface area contributed by atoms with Crippen LogP contribution in [0, 0.1) is 36.1 Å². The molecule has 156 valence electrons. The molecular formula is C20H9F8OS+. The Hall–Kier alpha value is -2.75. The molecule has 0 aromatic heterocycles. The van der Waals surface area contributed by atoms with Gasteiger partial charge in [0.15, 0.2) is 38.8 Å². The Morgan fingerprint density at radius 1 is 0.733 bits per heavy atom. The number of aryl methyl sites for hydroxylation is 1. The van der Waals surface area contributed by atoms with E-state index in [0.29, 0.717) is 5.56 Å². The number of allylic oxidation sites excluding steroid dienone is 4. The third-order valence-corrected chi connectivity index (χ3v) is 7.47. The van der Waals surface area contributed by atoms with Crippen molar-refractivity contribution in [1.82, 2.24) is 0 Å². The molecule has 0 bridgehead atoms. The van der Waals surface area contributed by atoms with Crippen LogP contribution in [0.5, 0.6) is 0 Å². The predicted molar refractivity (Wildman–Crippen MR) is 94.1 cm³/mol. The minimum Gasteiger partial charge on any atom is -0.292 e. The van der Waals surface area contributed by atoms with Gasteiger partial charge in [0.05, 0.1) is 0 Å². The van der Waals surface area contributed by atoms with E-state index in [-0.39, 0.29) is 4.90 Å². The van der Waals surface area contributed by atoms with E-state index < -0.39 is 84.1 Å². The lowest BCUT2D eigenvalue weighted by molar-refractivity contribution is 0.0945. The van der Waals surface area contributed by atoms with Crippen molar-refractivity contribution in [3.05, 3.63) is 82.0 Å². The Kier molecular flexibility index (Phi) is 4.72. The van der Waals surface area contributed by atoms with E-state index in [4.69, 9.17) is 0 Å². The van der Waals surface area contributed by atoms with Gasteiger partial charge in [-0.25, -0.2) is 26.3 Å². The Bertz CT molecular complexity index is 1240. The molecule has 1 heterocycles. The first kappa shape index (κ1) is 20.5. The number of halogens is 8. The van der Waals surface area contributed by atoms with Crippen LogP contribution < -0.4 is 0 Å². The van der Waals surface area contributed by atoms with E-state index in [1.165, 1.54) is 24.3 Å². The van der Waals surface area contributed by atoms with Crippen LogP contribution in [-0.4, -0.2) is 10.6 Å². The maximum absolute atomic E-state index is 14.7. The molecule has 2 aliphatic rings. The van der Waals surface area contributed by atoms with Gasteiger partial charge in [-0.15, -0.1) is 0 Å². The number of thiol groups is 1. The number of ketones is 1. The Morgan fingerprint density at radius 3 is 1.90 bits per heavy atom. The molecule has 1 nitrogen and oxygen atoms in total. The first-order valence-corrected chi connectivity index (χ1v) is 9.67. The topological polar surface area (TPSA) is 17.1 Å². The second-order valence-corrected chi connectivity index (χ2v) is 8.74. The molecule has 0 N–H and O–H groups in total. The normalized spacial score (nSPS) is 21.2. The Balaban J connectivity index is 2.24. The number of fused-ring (bicyclic) bond motifs is 2. The minimum absolute atomic E-state index is 0.0354. The van der Waals surface area contributed by atoms with Crippen molar-refractivity contribution in [2.24, 2.45) is 5.92 Å². The number of hydrogen-bond donors (Lipinski definition) is 0. The molecule has 0 fully saturated rings. The Labute approximate surface area is 166 Å². The number of carbonyl (C=O) groups is 1. The highest BCUT2D eigenvalue weighted by Crippen LogP contribution is 2.45. The quantitative estimate of drug-likeness (QED) is 0.138. The van der Waals surface area contributed by atoms with Crippen molar-refractivity contribution in [3.8, 4) is 0 Å². The van der Waals surface area contributed by atoms with Gasteiger partial charge in [-0.05, 0) is 19.1 Å². The van der Waals surface area contributed by atoms with Crippen molar-refractivity contribution >= 4 is 21.1 Å². The van der Waals surface area contributed by atoms with Gasteiger partial charge in [0.1, 0.15) is 16.4 Å². The molecule has 0 saturated heterocycles. The first-order valence-electron chi connectivity index (χ1n) is 8.32. The molecule has 1 aliphatic carbocycles. The zero-order valence-corrected chi connectivity index (χ0v) is 15.7. The first-order chi connectivity index (χ1) is 14.1. The smallest absolute Gasteiger partial charge is 0.214 e. The summed E-state index contributed by atoms with van der Waals surface area (Å²) in [5.41, 5.74) is -0.687. The van der Waals surface area contributed by atoms with E-state index in [9.17, 15) is 39.9 Å². The monoisotopic (exact) mass is 449 g/mol.